The highest BCUT2D eigenvalue weighted by Crippen LogP contribution is 2.35. The van der Waals surface area contributed by atoms with E-state index in [9.17, 15) is 9.59 Å². The molecule has 0 unspecified atom stereocenters. The van der Waals surface area contributed by atoms with Gasteiger partial charge in [-0.05, 0) is 36.4 Å². The maximum atomic E-state index is 12.5. The Balaban J connectivity index is 1.62. The topological polar surface area (TPSA) is 40.6 Å². The average molecular weight is 340 g/mol. The fourth-order valence-corrected chi connectivity index (χ4v) is 3.72. The van der Waals surface area contributed by atoms with Gasteiger partial charge in [0.05, 0.1) is 18.5 Å². The molecule has 0 N–H and O–H groups in total. The number of rotatable bonds is 4. The van der Waals surface area contributed by atoms with Crippen molar-refractivity contribution in [3.8, 4) is 0 Å². The fourth-order valence-electron chi connectivity index (χ4n) is 3.72. The Morgan fingerprint density at radius 2 is 1.52 bits per heavy atom. The number of hydrogen-bond donors (Lipinski definition) is 0. The van der Waals surface area contributed by atoms with Crippen LogP contribution in [0.1, 0.15) is 44.7 Å². The number of benzene rings is 1. The van der Waals surface area contributed by atoms with Crippen LogP contribution >= 0.6 is 0 Å². The first-order valence-electron chi connectivity index (χ1n) is 9.05. The second-order valence-electron chi connectivity index (χ2n) is 8.36. The van der Waals surface area contributed by atoms with Crippen LogP contribution in [0.4, 0.5) is 0 Å². The van der Waals surface area contributed by atoms with Crippen LogP contribution in [-0.4, -0.2) is 35.3 Å². The van der Waals surface area contributed by atoms with Gasteiger partial charge in [0.1, 0.15) is 0 Å². The molecule has 25 heavy (non-hydrogen) atoms. The highest BCUT2D eigenvalue weighted by molar-refractivity contribution is 6.05. The number of likely N-dealkylation sites (tertiary alicyclic amines) is 1. The van der Waals surface area contributed by atoms with E-state index in [4.69, 9.17) is 0 Å². The number of carbonyl (C=O) groups is 2. The summed E-state index contributed by atoms with van der Waals surface area (Å²) in [6, 6.07) is 8.59. The minimum Gasteiger partial charge on any atom is -0.284 e. The van der Waals surface area contributed by atoms with Crippen molar-refractivity contribution in [3.63, 3.8) is 0 Å². The second kappa shape index (κ2) is 6.75. The lowest BCUT2D eigenvalue weighted by atomic mass is 9.85. The van der Waals surface area contributed by atoms with E-state index in [0.29, 0.717) is 19.5 Å². The van der Waals surface area contributed by atoms with Gasteiger partial charge in [0.2, 0.25) is 11.8 Å². The summed E-state index contributed by atoms with van der Waals surface area (Å²) in [4.78, 5) is 28.6. The Morgan fingerprint density at radius 1 is 1.00 bits per heavy atom. The molecule has 1 fully saturated rings. The van der Waals surface area contributed by atoms with Crippen LogP contribution in [0.5, 0.6) is 0 Å². The lowest BCUT2D eigenvalue weighted by Crippen LogP contribution is -2.40. The normalized spacial score (nSPS) is 23.5. The van der Waals surface area contributed by atoms with Crippen molar-refractivity contribution in [2.45, 2.75) is 45.6 Å². The van der Waals surface area contributed by atoms with Crippen LogP contribution in [0.2, 0.25) is 0 Å². The van der Waals surface area contributed by atoms with Crippen molar-refractivity contribution < 1.29 is 9.59 Å². The summed E-state index contributed by atoms with van der Waals surface area (Å²) < 4.78 is 0. The third-order valence-electron chi connectivity index (χ3n) is 5.25. The van der Waals surface area contributed by atoms with E-state index < -0.39 is 0 Å². The lowest BCUT2D eigenvalue weighted by Gasteiger charge is -2.24. The minimum atomic E-state index is -0.142. The number of carbonyl (C=O) groups excluding carboxylic acids is 2. The van der Waals surface area contributed by atoms with E-state index in [0.717, 1.165) is 6.54 Å². The molecule has 1 aliphatic heterocycles. The molecule has 4 heteroatoms. The van der Waals surface area contributed by atoms with Gasteiger partial charge in [0.25, 0.3) is 0 Å². The molecule has 2 aliphatic rings. The zero-order chi connectivity index (χ0) is 18.2. The van der Waals surface area contributed by atoms with Crippen molar-refractivity contribution in [1.29, 1.82) is 0 Å². The predicted octanol–water partition coefficient (Wildman–Crippen LogP) is 3.32. The maximum Gasteiger partial charge on any atom is 0.234 e. The Bertz CT molecular complexity index is 659. The van der Waals surface area contributed by atoms with Gasteiger partial charge in [-0.3, -0.25) is 19.4 Å². The smallest absolute Gasteiger partial charge is 0.234 e. The summed E-state index contributed by atoms with van der Waals surface area (Å²) in [7, 11) is 1.96. The molecule has 1 aromatic rings. The molecule has 1 aromatic carbocycles. The molecule has 1 heterocycles. The Labute approximate surface area is 150 Å². The molecule has 0 spiro atoms. The van der Waals surface area contributed by atoms with Crippen molar-refractivity contribution in [2.24, 2.45) is 11.8 Å². The van der Waals surface area contributed by atoms with Gasteiger partial charge in [-0.15, -0.1) is 0 Å². The average Bonchev–Trinajstić information content (AvgIpc) is 2.80. The van der Waals surface area contributed by atoms with Crippen LogP contribution in [-0.2, 0) is 21.5 Å². The van der Waals surface area contributed by atoms with Gasteiger partial charge in [0, 0.05) is 6.54 Å². The van der Waals surface area contributed by atoms with Crippen molar-refractivity contribution in [3.05, 3.63) is 47.5 Å². The molecule has 0 saturated carbocycles. The molecule has 1 saturated heterocycles. The van der Waals surface area contributed by atoms with E-state index >= 15 is 0 Å². The first-order valence-corrected chi connectivity index (χ1v) is 9.05. The molecular weight excluding hydrogens is 312 g/mol. The van der Waals surface area contributed by atoms with Crippen LogP contribution < -0.4 is 0 Å². The van der Waals surface area contributed by atoms with Gasteiger partial charge in [0.15, 0.2) is 0 Å². The largest absolute Gasteiger partial charge is 0.284 e. The second-order valence-corrected chi connectivity index (χ2v) is 8.36. The first-order chi connectivity index (χ1) is 11.8. The van der Waals surface area contributed by atoms with Gasteiger partial charge >= 0.3 is 0 Å². The van der Waals surface area contributed by atoms with Gasteiger partial charge in [-0.2, -0.15) is 0 Å². The minimum absolute atomic E-state index is 0.00530. The van der Waals surface area contributed by atoms with Gasteiger partial charge in [-0.1, -0.05) is 57.2 Å². The van der Waals surface area contributed by atoms with E-state index in [1.165, 1.54) is 16.0 Å². The highest BCUT2D eigenvalue weighted by atomic mass is 16.2. The van der Waals surface area contributed by atoms with Crippen LogP contribution in [0, 0.1) is 11.8 Å². The third kappa shape index (κ3) is 3.69. The van der Waals surface area contributed by atoms with Crippen molar-refractivity contribution in [2.75, 3.05) is 13.7 Å². The predicted molar refractivity (Wildman–Crippen MR) is 98.7 cm³/mol. The van der Waals surface area contributed by atoms with Crippen LogP contribution in [0.25, 0.3) is 0 Å². The molecular formula is C21H28N2O2. The molecule has 1 aliphatic carbocycles. The SMILES string of the molecule is CN(Cc1ccc(C(C)(C)C)cc1)CN1C(=O)[C@H]2CC=CC[C@H]2C1=O. The Hall–Kier alpha value is -1.94. The number of imide groups is 1. The molecule has 134 valence electrons. The molecule has 3 rings (SSSR count). The summed E-state index contributed by atoms with van der Waals surface area (Å²) in [5.74, 6) is -0.294. The zero-order valence-electron chi connectivity index (χ0n) is 15.7. The summed E-state index contributed by atoms with van der Waals surface area (Å²) >= 11 is 0. The maximum absolute atomic E-state index is 12.5. The highest BCUT2D eigenvalue weighted by Gasteiger charge is 2.47. The summed E-state index contributed by atoms with van der Waals surface area (Å²) in [6.07, 6.45) is 5.44. The molecule has 0 aromatic heterocycles. The summed E-state index contributed by atoms with van der Waals surface area (Å²) in [5, 5.41) is 0. The van der Waals surface area contributed by atoms with Crippen LogP contribution in [0.15, 0.2) is 36.4 Å². The van der Waals surface area contributed by atoms with E-state index in [2.05, 4.69) is 45.0 Å². The molecule has 2 atom stereocenters. The first kappa shape index (κ1) is 17.9. The molecule has 2 amide bonds. The molecule has 0 radical (unpaired) electrons. The number of nitrogens with zero attached hydrogens (tertiary/aromatic N) is 2. The van der Waals surface area contributed by atoms with E-state index in [1.54, 1.807) is 0 Å². The quantitative estimate of drug-likeness (QED) is 0.623. The lowest BCUT2D eigenvalue weighted by molar-refractivity contribution is -0.142. The van der Waals surface area contributed by atoms with Gasteiger partial charge < -0.3 is 0 Å². The Morgan fingerprint density at radius 3 is 2.00 bits per heavy atom. The van der Waals surface area contributed by atoms with Crippen LogP contribution in [0.3, 0.4) is 0 Å². The van der Waals surface area contributed by atoms with Gasteiger partial charge in [-0.25, -0.2) is 0 Å². The zero-order valence-corrected chi connectivity index (χ0v) is 15.7. The fraction of sp³-hybridized carbons (Fsp3) is 0.524. The monoisotopic (exact) mass is 340 g/mol. The third-order valence-corrected chi connectivity index (χ3v) is 5.25. The molecule has 0 bridgehead atoms. The summed E-state index contributed by atoms with van der Waals surface area (Å²) in [6.45, 7) is 7.69. The summed E-state index contributed by atoms with van der Waals surface area (Å²) in [5.41, 5.74) is 2.64. The van der Waals surface area contributed by atoms with E-state index in [-0.39, 0.29) is 29.1 Å². The van der Waals surface area contributed by atoms with Crippen molar-refractivity contribution in [1.82, 2.24) is 9.80 Å². The number of hydrogen-bond acceptors (Lipinski definition) is 3. The standard InChI is InChI=1S/C21H28N2O2/c1-21(2,3)16-11-9-15(10-12-16)13-22(4)14-23-19(24)17-7-5-6-8-18(17)20(23)25/h5-6,9-12,17-18H,7-8,13-14H2,1-4H3/t17-,18+. The number of allylic oxidation sites excluding steroid dienone is 2. The van der Waals surface area contributed by atoms with E-state index in [1.807, 2.05) is 24.1 Å². The van der Waals surface area contributed by atoms with Crippen molar-refractivity contribution >= 4 is 11.8 Å². The number of amides is 2. The number of fused-ring (bicyclic) bond motifs is 1. The molecule has 4 nitrogen and oxygen atoms in total. The Kier molecular flexibility index (Phi) is 4.83.